The van der Waals surface area contributed by atoms with Crippen molar-refractivity contribution in [3.8, 4) is 5.75 Å². The number of aromatic nitrogens is 1. The van der Waals surface area contributed by atoms with Crippen LogP contribution in [0.3, 0.4) is 0 Å². The first-order chi connectivity index (χ1) is 6.11. The van der Waals surface area contributed by atoms with Crippen molar-refractivity contribution in [1.29, 1.82) is 0 Å². The summed E-state index contributed by atoms with van der Waals surface area (Å²) in [7, 11) is 0. The normalized spacial score (nSPS) is 10.2. The topological polar surface area (TPSA) is 39.2 Å². The van der Waals surface area contributed by atoms with Crippen molar-refractivity contribution < 1.29 is 22.7 Å². The van der Waals surface area contributed by atoms with Crippen molar-refractivity contribution in [2.24, 2.45) is 0 Å². The fourth-order valence-corrected chi connectivity index (χ4v) is 0.724. The van der Waals surface area contributed by atoms with Crippen LogP contribution in [0, 0.1) is 5.95 Å². The molecule has 0 amide bonds. The Labute approximate surface area is 71.2 Å². The van der Waals surface area contributed by atoms with Crippen molar-refractivity contribution in [3.63, 3.8) is 0 Å². The first-order valence-electron chi connectivity index (χ1n) is 3.19. The molecule has 0 radical (unpaired) electrons. The molecule has 0 unspecified atom stereocenters. The van der Waals surface area contributed by atoms with Crippen LogP contribution in [0.5, 0.6) is 5.75 Å². The van der Waals surface area contributed by atoms with Crippen molar-refractivity contribution >= 4 is 6.29 Å². The number of hydrogen-bond acceptors (Lipinski definition) is 3. The van der Waals surface area contributed by atoms with E-state index in [2.05, 4.69) is 9.72 Å². The van der Waals surface area contributed by atoms with E-state index in [-0.39, 0.29) is 12.0 Å². The first-order valence-corrected chi connectivity index (χ1v) is 3.19. The average Bonchev–Trinajstić information content (AvgIpc) is 2.01. The lowest BCUT2D eigenvalue weighted by Gasteiger charge is -2.03. The quantitative estimate of drug-likeness (QED) is 0.538. The summed E-state index contributed by atoms with van der Waals surface area (Å²) in [5.41, 5.74) is -0.296. The van der Waals surface area contributed by atoms with Crippen LogP contribution in [-0.4, -0.2) is 17.9 Å². The van der Waals surface area contributed by atoms with Crippen molar-refractivity contribution in [2.45, 2.75) is 6.61 Å². The molecule has 3 nitrogen and oxygen atoms in total. The van der Waals surface area contributed by atoms with E-state index >= 15 is 0 Å². The van der Waals surface area contributed by atoms with Gasteiger partial charge in [0.15, 0.2) is 6.29 Å². The minimum Gasteiger partial charge on any atom is -0.435 e. The number of hydrogen-bond donors (Lipinski definition) is 0. The molecule has 0 fully saturated rings. The molecular weight excluding hydrogens is 187 g/mol. The van der Waals surface area contributed by atoms with Gasteiger partial charge in [0.2, 0.25) is 5.95 Å². The van der Waals surface area contributed by atoms with E-state index in [1.54, 1.807) is 0 Å². The predicted octanol–water partition coefficient (Wildman–Crippen LogP) is 1.63. The largest absolute Gasteiger partial charge is 0.435 e. The molecule has 13 heavy (non-hydrogen) atoms. The predicted molar refractivity (Wildman–Crippen MR) is 36.2 cm³/mol. The number of pyridine rings is 1. The van der Waals surface area contributed by atoms with Gasteiger partial charge in [0.1, 0.15) is 11.4 Å². The standard InChI is InChI=1S/C7H4F3NO2/c8-6-2-5(13-7(9)10)1-4(3-12)11-6/h1-3,7H. The summed E-state index contributed by atoms with van der Waals surface area (Å²) in [4.78, 5) is 13.2. The molecule has 0 aliphatic carbocycles. The molecule has 0 spiro atoms. The Morgan fingerprint density at radius 2 is 2.15 bits per heavy atom. The Kier molecular flexibility index (Phi) is 2.84. The third kappa shape index (κ3) is 2.73. The first kappa shape index (κ1) is 9.50. The number of carbonyl (C=O) groups is 1. The summed E-state index contributed by atoms with van der Waals surface area (Å²) >= 11 is 0. The van der Waals surface area contributed by atoms with Crippen LogP contribution in [0.25, 0.3) is 0 Å². The van der Waals surface area contributed by atoms with Gasteiger partial charge in [-0.25, -0.2) is 4.98 Å². The van der Waals surface area contributed by atoms with Crippen LogP contribution in [0.4, 0.5) is 13.2 Å². The molecule has 0 atom stereocenters. The smallest absolute Gasteiger partial charge is 0.387 e. The fraction of sp³-hybridized carbons (Fsp3) is 0.143. The summed E-state index contributed by atoms with van der Waals surface area (Å²) < 4.78 is 39.6. The van der Waals surface area contributed by atoms with Crippen LogP contribution >= 0.6 is 0 Å². The zero-order valence-corrected chi connectivity index (χ0v) is 6.21. The zero-order valence-electron chi connectivity index (χ0n) is 6.21. The summed E-state index contributed by atoms with van der Waals surface area (Å²) in [6, 6.07) is 1.58. The van der Waals surface area contributed by atoms with Crippen LogP contribution < -0.4 is 4.74 Å². The third-order valence-electron chi connectivity index (χ3n) is 1.13. The summed E-state index contributed by atoms with van der Waals surface area (Å²) in [6.07, 6.45) is 0.238. The highest BCUT2D eigenvalue weighted by Gasteiger charge is 2.07. The van der Waals surface area contributed by atoms with E-state index < -0.39 is 18.3 Å². The maximum atomic E-state index is 12.5. The molecule has 0 aromatic carbocycles. The van der Waals surface area contributed by atoms with Gasteiger partial charge in [-0.15, -0.1) is 0 Å². The van der Waals surface area contributed by atoms with Crippen molar-refractivity contribution in [3.05, 3.63) is 23.8 Å². The number of nitrogens with zero attached hydrogens (tertiary/aromatic N) is 1. The molecule has 0 N–H and O–H groups in total. The highest BCUT2D eigenvalue weighted by Crippen LogP contribution is 2.15. The van der Waals surface area contributed by atoms with Gasteiger partial charge >= 0.3 is 6.61 Å². The molecular formula is C7H4F3NO2. The molecule has 6 heteroatoms. The molecule has 1 heterocycles. The van der Waals surface area contributed by atoms with E-state index in [9.17, 15) is 18.0 Å². The minimum absolute atomic E-state index is 0.238. The summed E-state index contributed by atoms with van der Waals surface area (Å²) in [6.45, 7) is -3.05. The van der Waals surface area contributed by atoms with Gasteiger partial charge in [0, 0.05) is 12.1 Å². The van der Waals surface area contributed by atoms with Crippen molar-refractivity contribution in [1.82, 2.24) is 4.98 Å². The monoisotopic (exact) mass is 191 g/mol. The lowest BCUT2D eigenvalue weighted by Crippen LogP contribution is -2.03. The highest BCUT2D eigenvalue weighted by molar-refractivity contribution is 5.72. The van der Waals surface area contributed by atoms with Gasteiger partial charge in [-0.1, -0.05) is 0 Å². The Morgan fingerprint density at radius 3 is 2.69 bits per heavy atom. The van der Waals surface area contributed by atoms with Crippen LogP contribution in [-0.2, 0) is 0 Å². The van der Waals surface area contributed by atoms with Gasteiger partial charge < -0.3 is 4.74 Å². The lowest BCUT2D eigenvalue weighted by atomic mass is 10.3. The fourth-order valence-electron chi connectivity index (χ4n) is 0.724. The summed E-state index contributed by atoms with van der Waals surface area (Å²) in [5, 5.41) is 0. The Hall–Kier alpha value is -1.59. The van der Waals surface area contributed by atoms with Crippen LogP contribution in [0.15, 0.2) is 12.1 Å². The molecule has 1 aromatic heterocycles. The lowest BCUT2D eigenvalue weighted by molar-refractivity contribution is -0.0501. The molecule has 0 aliphatic heterocycles. The molecule has 1 aromatic rings. The molecule has 0 aliphatic rings. The number of alkyl halides is 2. The second kappa shape index (κ2) is 3.88. The second-order valence-corrected chi connectivity index (χ2v) is 2.05. The van der Waals surface area contributed by atoms with Crippen molar-refractivity contribution in [2.75, 3.05) is 0 Å². The molecule has 1 rings (SSSR count). The Bertz CT molecular complexity index is 317. The van der Waals surface area contributed by atoms with Gasteiger partial charge in [-0.05, 0) is 0 Å². The van der Waals surface area contributed by atoms with E-state index in [1.165, 1.54) is 0 Å². The van der Waals surface area contributed by atoms with E-state index in [4.69, 9.17) is 0 Å². The Morgan fingerprint density at radius 1 is 1.46 bits per heavy atom. The Balaban J connectivity index is 2.94. The molecule has 0 saturated heterocycles. The SMILES string of the molecule is O=Cc1cc(OC(F)F)cc(F)n1. The molecule has 0 bridgehead atoms. The van der Waals surface area contributed by atoms with E-state index in [0.29, 0.717) is 6.07 Å². The number of ether oxygens (including phenoxy) is 1. The van der Waals surface area contributed by atoms with Gasteiger partial charge in [-0.2, -0.15) is 13.2 Å². The van der Waals surface area contributed by atoms with Crippen LogP contribution in [0.1, 0.15) is 10.5 Å². The maximum Gasteiger partial charge on any atom is 0.387 e. The number of halogens is 3. The van der Waals surface area contributed by atoms with E-state index in [1.807, 2.05) is 0 Å². The number of rotatable bonds is 3. The third-order valence-corrected chi connectivity index (χ3v) is 1.13. The van der Waals surface area contributed by atoms with Gasteiger partial charge in [-0.3, -0.25) is 4.79 Å². The minimum atomic E-state index is -3.05. The second-order valence-electron chi connectivity index (χ2n) is 2.05. The number of carbonyl (C=O) groups excluding carboxylic acids is 1. The van der Waals surface area contributed by atoms with Gasteiger partial charge in [0.25, 0.3) is 0 Å². The maximum absolute atomic E-state index is 12.5. The molecule has 0 saturated carbocycles. The molecule has 70 valence electrons. The van der Waals surface area contributed by atoms with E-state index in [0.717, 1.165) is 6.07 Å². The van der Waals surface area contributed by atoms with Gasteiger partial charge in [0.05, 0.1) is 0 Å². The zero-order chi connectivity index (χ0) is 9.84. The highest BCUT2D eigenvalue weighted by atomic mass is 19.3. The van der Waals surface area contributed by atoms with Crippen LogP contribution in [0.2, 0.25) is 0 Å². The average molecular weight is 191 g/mol. The summed E-state index contributed by atoms with van der Waals surface area (Å²) in [5.74, 6) is -1.47. The number of aldehydes is 1.